The largest absolute Gasteiger partial charge is 0.496 e. The number of hydrogen-bond acceptors (Lipinski definition) is 5. The van der Waals surface area contributed by atoms with Crippen LogP contribution in [0.4, 0.5) is 10.5 Å². The number of benzene rings is 2. The molecular formula is C19H16ClN3O4. The highest BCUT2D eigenvalue weighted by Crippen LogP contribution is 2.23. The highest BCUT2D eigenvalue weighted by molar-refractivity contribution is 6.33. The first kappa shape index (κ1) is 18.6. The summed E-state index contributed by atoms with van der Waals surface area (Å²) >= 11 is 5.84. The van der Waals surface area contributed by atoms with Gasteiger partial charge in [-0.1, -0.05) is 29.8 Å². The molecule has 0 unspecified atom stereocenters. The molecule has 7 nitrogen and oxygen atoms in total. The number of nitrogens with zero attached hydrogens (tertiary/aromatic N) is 2. The normalized spacial score (nSPS) is 17.3. The average molecular weight is 386 g/mol. The maximum Gasteiger partial charge on any atom is 0.335 e. The quantitative estimate of drug-likeness (QED) is 0.633. The van der Waals surface area contributed by atoms with Crippen LogP contribution in [0.5, 0.6) is 5.75 Å². The summed E-state index contributed by atoms with van der Waals surface area (Å²) in [4.78, 5) is 42.0. The van der Waals surface area contributed by atoms with Crippen molar-refractivity contribution in [2.75, 3.05) is 12.0 Å². The molecule has 1 N–H and O–H groups in total. The van der Waals surface area contributed by atoms with Gasteiger partial charge in [0.05, 0.1) is 19.3 Å². The van der Waals surface area contributed by atoms with Gasteiger partial charge in [-0.05, 0) is 30.3 Å². The predicted octanol–water partition coefficient (Wildman–Crippen LogP) is 2.82. The molecule has 1 heterocycles. The average Bonchev–Trinajstić information content (AvgIpc) is 2.66. The Morgan fingerprint density at radius 3 is 2.56 bits per heavy atom. The van der Waals surface area contributed by atoms with Gasteiger partial charge in [-0.2, -0.15) is 0 Å². The third-order valence-electron chi connectivity index (χ3n) is 4.00. The molecule has 1 atom stereocenters. The second-order valence-corrected chi connectivity index (χ2v) is 6.16. The van der Waals surface area contributed by atoms with E-state index in [1.807, 2.05) is 18.2 Å². The van der Waals surface area contributed by atoms with Crippen LogP contribution in [0.2, 0.25) is 5.02 Å². The van der Waals surface area contributed by atoms with Gasteiger partial charge in [-0.3, -0.25) is 19.9 Å². The summed E-state index contributed by atoms with van der Waals surface area (Å²) in [5, 5.41) is 2.64. The Morgan fingerprint density at radius 2 is 1.85 bits per heavy atom. The van der Waals surface area contributed by atoms with E-state index in [1.165, 1.54) is 18.3 Å². The van der Waals surface area contributed by atoms with E-state index in [2.05, 4.69) is 10.3 Å². The topological polar surface area (TPSA) is 88.1 Å². The standard InChI is InChI=1S/C19H16ClN3O4/c1-27-16-5-3-2-4-12(16)10-21-11-15-17(24)22-19(26)23(18(15)25)14-8-6-13(20)7-9-14/h2-9,11,15H,10H2,1H3,(H,22,24,26)/t15-/m0/s1. The molecule has 4 amide bonds. The van der Waals surface area contributed by atoms with Crippen molar-refractivity contribution in [3.63, 3.8) is 0 Å². The Balaban J connectivity index is 1.80. The van der Waals surface area contributed by atoms with Gasteiger partial charge in [0.2, 0.25) is 5.91 Å². The molecule has 1 aliphatic heterocycles. The van der Waals surface area contributed by atoms with E-state index >= 15 is 0 Å². The highest BCUT2D eigenvalue weighted by atomic mass is 35.5. The molecule has 0 aliphatic carbocycles. The molecular weight excluding hydrogens is 370 g/mol. The molecule has 0 spiro atoms. The van der Waals surface area contributed by atoms with Gasteiger partial charge in [0.25, 0.3) is 5.91 Å². The summed E-state index contributed by atoms with van der Waals surface area (Å²) in [7, 11) is 1.55. The summed E-state index contributed by atoms with van der Waals surface area (Å²) in [6, 6.07) is 12.7. The fourth-order valence-electron chi connectivity index (χ4n) is 2.65. The maximum atomic E-state index is 12.7. The van der Waals surface area contributed by atoms with Gasteiger partial charge in [0.15, 0.2) is 5.92 Å². The van der Waals surface area contributed by atoms with Crippen LogP contribution in [-0.4, -0.2) is 31.2 Å². The van der Waals surface area contributed by atoms with E-state index in [0.717, 1.165) is 10.5 Å². The number of amides is 4. The van der Waals surface area contributed by atoms with Crippen LogP contribution in [0.25, 0.3) is 0 Å². The number of barbiturate groups is 1. The molecule has 3 rings (SSSR count). The van der Waals surface area contributed by atoms with Crippen molar-refractivity contribution in [2.24, 2.45) is 10.9 Å². The summed E-state index contributed by atoms with van der Waals surface area (Å²) in [5.41, 5.74) is 1.13. The smallest absolute Gasteiger partial charge is 0.335 e. The van der Waals surface area contributed by atoms with Gasteiger partial charge in [-0.15, -0.1) is 0 Å². The van der Waals surface area contributed by atoms with Crippen LogP contribution in [0.3, 0.4) is 0 Å². The van der Waals surface area contributed by atoms with Crippen molar-refractivity contribution in [3.8, 4) is 5.75 Å². The van der Waals surface area contributed by atoms with Gasteiger partial charge >= 0.3 is 6.03 Å². The van der Waals surface area contributed by atoms with Crippen molar-refractivity contribution in [1.29, 1.82) is 0 Å². The number of ether oxygens (including phenoxy) is 1. The number of carbonyl (C=O) groups excluding carboxylic acids is 3. The van der Waals surface area contributed by atoms with Crippen LogP contribution >= 0.6 is 11.6 Å². The second-order valence-electron chi connectivity index (χ2n) is 5.72. The lowest BCUT2D eigenvalue weighted by Crippen LogP contribution is -2.58. The summed E-state index contributed by atoms with van der Waals surface area (Å²) in [6.07, 6.45) is 1.25. The minimum atomic E-state index is -1.20. The van der Waals surface area contributed by atoms with Gasteiger partial charge < -0.3 is 4.74 Å². The SMILES string of the molecule is COc1ccccc1CN=C[C@H]1C(=O)NC(=O)N(c2ccc(Cl)cc2)C1=O. The zero-order chi connectivity index (χ0) is 19.4. The van der Waals surface area contributed by atoms with Crippen molar-refractivity contribution >= 4 is 41.3 Å². The number of carbonyl (C=O) groups is 3. The lowest BCUT2D eigenvalue weighted by Gasteiger charge is -2.28. The fraction of sp³-hybridized carbons (Fsp3) is 0.158. The summed E-state index contributed by atoms with van der Waals surface area (Å²) in [6.45, 7) is 0.232. The van der Waals surface area contributed by atoms with Crippen LogP contribution in [0.15, 0.2) is 53.5 Å². The van der Waals surface area contributed by atoms with Crippen molar-refractivity contribution in [3.05, 3.63) is 59.1 Å². The molecule has 2 aromatic carbocycles. The molecule has 0 radical (unpaired) electrons. The third-order valence-corrected chi connectivity index (χ3v) is 4.25. The lowest BCUT2D eigenvalue weighted by molar-refractivity contribution is -0.131. The Bertz CT molecular complexity index is 911. The molecule has 1 fully saturated rings. The first-order chi connectivity index (χ1) is 13.0. The number of nitrogens with one attached hydrogen (secondary N) is 1. The van der Waals surface area contributed by atoms with E-state index in [9.17, 15) is 14.4 Å². The first-order valence-corrected chi connectivity index (χ1v) is 8.45. The molecule has 138 valence electrons. The summed E-state index contributed by atoms with van der Waals surface area (Å²) in [5.74, 6) is -1.92. The Labute approximate surface area is 160 Å². The molecule has 2 aromatic rings. The van der Waals surface area contributed by atoms with E-state index in [0.29, 0.717) is 16.5 Å². The van der Waals surface area contributed by atoms with E-state index in [-0.39, 0.29) is 6.54 Å². The summed E-state index contributed by atoms with van der Waals surface area (Å²) < 4.78 is 5.24. The van der Waals surface area contributed by atoms with Crippen LogP contribution < -0.4 is 15.0 Å². The van der Waals surface area contributed by atoms with E-state index < -0.39 is 23.8 Å². The number of methoxy groups -OCH3 is 1. The number of imide groups is 2. The van der Waals surface area contributed by atoms with Crippen LogP contribution in [0.1, 0.15) is 5.56 Å². The zero-order valence-corrected chi connectivity index (χ0v) is 15.1. The van der Waals surface area contributed by atoms with Crippen molar-refractivity contribution in [2.45, 2.75) is 6.54 Å². The van der Waals surface area contributed by atoms with Gasteiger partial charge in [-0.25, -0.2) is 9.69 Å². The first-order valence-electron chi connectivity index (χ1n) is 8.07. The Hall–Kier alpha value is -3.19. The Kier molecular flexibility index (Phi) is 5.52. The molecule has 8 heteroatoms. The lowest BCUT2D eigenvalue weighted by atomic mass is 10.1. The van der Waals surface area contributed by atoms with E-state index in [1.54, 1.807) is 25.3 Å². The molecule has 1 aliphatic rings. The number of urea groups is 1. The zero-order valence-electron chi connectivity index (χ0n) is 14.4. The predicted molar refractivity (Wildman–Crippen MR) is 101 cm³/mol. The number of aliphatic imine (C=N–C) groups is 1. The number of halogens is 1. The number of rotatable bonds is 5. The van der Waals surface area contributed by atoms with Gasteiger partial charge in [0, 0.05) is 16.8 Å². The van der Waals surface area contributed by atoms with Crippen LogP contribution in [0, 0.1) is 5.92 Å². The van der Waals surface area contributed by atoms with Crippen molar-refractivity contribution < 1.29 is 19.1 Å². The molecule has 0 bridgehead atoms. The third kappa shape index (κ3) is 3.98. The molecule has 1 saturated heterocycles. The monoisotopic (exact) mass is 385 g/mol. The minimum Gasteiger partial charge on any atom is -0.496 e. The maximum absolute atomic E-state index is 12.7. The molecule has 0 aromatic heterocycles. The number of hydrogen-bond donors (Lipinski definition) is 1. The minimum absolute atomic E-state index is 0.232. The number of para-hydroxylation sites is 1. The fourth-order valence-corrected chi connectivity index (χ4v) is 2.77. The molecule has 0 saturated carbocycles. The van der Waals surface area contributed by atoms with Gasteiger partial charge in [0.1, 0.15) is 5.75 Å². The molecule has 27 heavy (non-hydrogen) atoms. The highest BCUT2D eigenvalue weighted by Gasteiger charge is 2.40. The van der Waals surface area contributed by atoms with E-state index in [4.69, 9.17) is 16.3 Å². The second kappa shape index (κ2) is 8.01. The number of anilines is 1. The van der Waals surface area contributed by atoms with Crippen molar-refractivity contribution in [1.82, 2.24) is 5.32 Å². The van der Waals surface area contributed by atoms with Crippen LogP contribution in [-0.2, 0) is 16.1 Å². The Morgan fingerprint density at radius 1 is 1.15 bits per heavy atom.